The third kappa shape index (κ3) is 6.32. The molecule has 2 heteroatoms. The summed E-state index contributed by atoms with van der Waals surface area (Å²) in [4.78, 5) is 0. The minimum Gasteiger partial charge on any atom is -0.385 e. The van der Waals surface area contributed by atoms with Crippen LogP contribution >= 0.6 is 0 Å². The van der Waals surface area contributed by atoms with E-state index in [1.807, 2.05) is 7.05 Å². The zero-order chi connectivity index (χ0) is 8.74. The van der Waals surface area contributed by atoms with Crippen molar-refractivity contribution in [3.8, 4) is 0 Å². The minimum atomic E-state index is 0.416. The Kier molecular flexibility index (Phi) is 5.51. The molecule has 0 saturated heterocycles. The highest BCUT2D eigenvalue weighted by Gasteiger charge is 2.15. The zero-order valence-corrected chi connectivity index (χ0v) is 8.24. The van der Waals surface area contributed by atoms with Crippen LogP contribution < -0.4 is 5.32 Å². The Morgan fingerprint density at radius 1 is 1.27 bits per heavy atom. The van der Waals surface area contributed by atoms with Gasteiger partial charge in [-0.2, -0.15) is 0 Å². The van der Waals surface area contributed by atoms with Gasteiger partial charge in [0.2, 0.25) is 0 Å². The highest BCUT2D eigenvalue weighted by Crippen LogP contribution is 2.23. The molecule has 0 spiro atoms. The molecule has 0 atom stereocenters. The van der Waals surface area contributed by atoms with Gasteiger partial charge in [0.05, 0.1) is 0 Å². The smallest absolute Gasteiger partial charge is 0.0467 e. The minimum absolute atomic E-state index is 0.416. The molecule has 68 valence electrons. The average Bonchev–Trinajstić information content (AvgIpc) is 1.97. The van der Waals surface area contributed by atoms with Crippen LogP contribution in [0.15, 0.2) is 0 Å². The predicted octanol–water partition coefficient (Wildman–Crippen LogP) is 1.66. The van der Waals surface area contributed by atoms with E-state index in [0.29, 0.717) is 5.41 Å². The van der Waals surface area contributed by atoms with Crippen molar-refractivity contribution in [1.29, 1.82) is 0 Å². The molecule has 0 aliphatic heterocycles. The SMILES string of the molecule is CNCCC(C)(C)CCOC. The van der Waals surface area contributed by atoms with Gasteiger partial charge >= 0.3 is 0 Å². The quantitative estimate of drug-likeness (QED) is 0.636. The Labute approximate surface area is 70.3 Å². The normalized spacial score (nSPS) is 12.0. The van der Waals surface area contributed by atoms with Crippen LogP contribution in [0.5, 0.6) is 0 Å². The maximum absolute atomic E-state index is 5.04. The lowest BCUT2D eigenvalue weighted by Crippen LogP contribution is -2.20. The molecule has 0 bridgehead atoms. The van der Waals surface area contributed by atoms with Crippen molar-refractivity contribution in [2.75, 3.05) is 27.3 Å². The summed E-state index contributed by atoms with van der Waals surface area (Å²) in [6.07, 6.45) is 2.36. The molecule has 11 heavy (non-hydrogen) atoms. The van der Waals surface area contributed by atoms with Gasteiger partial charge in [0.25, 0.3) is 0 Å². The van der Waals surface area contributed by atoms with Gasteiger partial charge in [0, 0.05) is 13.7 Å². The van der Waals surface area contributed by atoms with Gasteiger partial charge in [-0.15, -0.1) is 0 Å². The van der Waals surface area contributed by atoms with Crippen LogP contribution in [0.4, 0.5) is 0 Å². The second-order valence-corrected chi connectivity index (χ2v) is 3.76. The highest BCUT2D eigenvalue weighted by atomic mass is 16.5. The van der Waals surface area contributed by atoms with Crippen LogP contribution in [0.2, 0.25) is 0 Å². The molecule has 0 rings (SSSR count). The van der Waals surface area contributed by atoms with Crippen molar-refractivity contribution in [2.45, 2.75) is 26.7 Å². The van der Waals surface area contributed by atoms with E-state index < -0.39 is 0 Å². The summed E-state index contributed by atoms with van der Waals surface area (Å²) in [7, 11) is 3.75. The molecule has 0 amide bonds. The highest BCUT2D eigenvalue weighted by molar-refractivity contribution is 4.68. The number of hydrogen-bond acceptors (Lipinski definition) is 2. The standard InChI is InChI=1S/C9H21NO/c1-9(2,5-7-10-3)6-8-11-4/h10H,5-8H2,1-4H3. The molecular weight excluding hydrogens is 138 g/mol. The van der Waals surface area contributed by atoms with E-state index in [1.54, 1.807) is 7.11 Å². The fourth-order valence-electron chi connectivity index (χ4n) is 0.967. The van der Waals surface area contributed by atoms with E-state index in [1.165, 1.54) is 6.42 Å². The lowest BCUT2D eigenvalue weighted by atomic mass is 9.86. The van der Waals surface area contributed by atoms with E-state index in [-0.39, 0.29) is 0 Å². The third-order valence-electron chi connectivity index (χ3n) is 2.03. The first-order valence-electron chi connectivity index (χ1n) is 4.26. The molecule has 0 aliphatic carbocycles. The van der Waals surface area contributed by atoms with Crippen molar-refractivity contribution in [1.82, 2.24) is 5.32 Å². The van der Waals surface area contributed by atoms with Crippen LogP contribution in [0, 0.1) is 5.41 Å². The van der Waals surface area contributed by atoms with Crippen molar-refractivity contribution in [3.63, 3.8) is 0 Å². The fourth-order valence-corrected chi connectivity index (χ4v) is 0.967. The maximum atomic E-state index is 5.04. The van der Waals surface area contributed by atoms with E-state index in [4.69, 9.17) is 4.74 Å². The molecule has 0 aromatic carbocycles. The lowest BCUT2D eigenvalue weighted by Gasteiger charge is -2.23. The first-order chi connectivity index (χ1) is 5.12. The maximum Gasteiger partial charge on any atom is 0.0467 e. The Morgan fingerprint density at radius 3 is 2.36 bits per heavy atom. The molecule has 0 radical (unpaired) electrons. The summed E-state index contributed by atoms with van der Waals surface area (Å²) in [5.74, 6) is 0. The molecule has 2 nitrogen and oxygen atoms in total. The predicted molar refractivity (Wildman–Crippen MR) is 48.8 cm³/mol. The van der Waals surface area contributed by atoms with Gasteiger partial charge in [0.1, 0.15) is 0 Å². The van der Waals surface area contributed by atoms with Crippen LogP contribution in [0.1, 0.15) is 26.7 Å². The van der Waals surface area contributed by atoms with Crippen LogP contribution in [-0.2, 0) is 4.74 Å². The Morgan fingerprint density at radius 2 is 1.91 bits per heavy atom. The largest absolute Gasteiger partial charge is 0.385 e. The van der Waals surface area contributed by atoms with Crippen molar-refractivity contribution in [3.05, 3.63) is 0 Å². The summed E-state index contributed by atoms with van der Waals surface area (Å²) in [5, 5.41) is 3.16. The third-order valence-corrected chi connectivity index (χ3v) is 2.03. The number of rotatable bonds is 6. The molecule has 0 aromatic heterocycles. The first-order valence-corrected chi connectivity index (χ1v) is 4.26. The Balaban J connectivity index is 3.43. The monoisotopic (exact) mass is 159 g/mol. The van der Waals surface area contributed by atoms with E-state index in [2.05, 4.69) is 19.2 Å². The van der Waals surface area contributed by atoms with Crippen LogP contribution in [-0.4, -0.2) is 27.3 Å². The fraction of sp³-hybridized carbons (Fsp3) is 1.00. The lowest BCUT2D eigenvalue weighted by molar-refractivity contribution is 0.147. The van der Waals surface area contributed by atoms with Gasteiger partial charge in [0.15, 0.2) is 0 Å². The first kappa shape index (κ1) is 10.9. The van der Waals surface area contributed by atoms with Gasteiger partial charge in [-0.25, -0.2) is 0 Å². The molecular formula is C9H21NO. The van der Waals surface area contributed by atoms with Crippen molar-refractivity contribution < 1.29 is 4.74 Å². The summed E-state index contributed by atoms with van der Waals surface area (Å²) in [5.41, 5.74) is 0.416. The number of ether oxygens (including phenoxy) is 1. The Hall–Kier alpha value is -0.0800. The molecule has 0 aliphatic rings. The Bertz CT molecular complexity index is 81.6. The topological polar surface area (TPSA) is 21.3 Å². The van der Waals surface area contributed by atoms with E-state index in [0.717, 1.165) is 19.6 Å². The summed E-state index contributed by atoms with van der Waals surface area (Å²) in [6.45, 7) is 6.53. The second-order valence-electron chi connectivity index (χ2n) is 3.76. The molecule has 0 fully saturated rings. The molecule has 0 unspecified atom stereocenters. The van der Waals surface area contributed by atoms with Gasteiger partial charge in [-0.05, 0) is 31.8 Å². The van der Waals surface area contributed by atoms with Crippen molar-refractivity contribution in [2.24, 2.45) is 5.41 Å². The molecule has 0 aromatic rings. The number of methoxy groups -OCH3 is 1. The van der Waals surface area contributed by atoms with Crippen molar-refractivity contribution >= 4 is 0 Å². The van der Waals surface area contributed by atoms with Crippen LogP contribution in [0.25, 0.3) is 0 Å². The zero-order valence-electron chi connectivity index (χ0n) is 8.24. The molecule has 0 saturated carbocycles. The van der Waals surface area contributed by atoms with Crippen LogP contribution in [0.3, 0.4) is 0 Å². The number of hydrogen-bond donors (Lipinski definition) is 1. The van der Waals surface area contributed by atoms with Gasteiger partial charge in [-0.1, -0.05) is 13.8 Å². The average molecular weight is 159 g/mol. The second kappa shape index (κ2) is 5.56. The van der Waals surface area contributed by atoms with E-state index in [9.17, 15) is 0 Å². The summed E-state index contributed by atoms with van der Waals surface area (Å²) >= 11 is 0. The molecule has 0 heterocycles. The van der Waals surface area contributed by atoms with Gasteiger partial charge < -0.3 is 10.1 Å². The number of nitrogens with one attached hydrogen (secondary N) is 1. The summed E-state index contributed by atoms with van der Waals surface area (Å²) < 4.78 is 5.04. The summed E-state index contributed by atoms with van der Waals surface area (Å²) in [6, 6.07) is 0. The van der Waals surface area contributed by atoms with E-state index >= 15 is 0 Å². The van der Waals surface area contributed by atoms with Gasteiger partial charge in [-0.3, -0.25) is 0 Å². The molecule has 1 N–H and O–H groups in total.